The Bertz CT molecular complexity index is 20.5. The van der Waals surface area contributed by atoms with Crippen molar-refractivity contribution in [2.24, 2.45) is 22.9 Å². The molecule has 0 atom stereocenters. The predicted octanol–water partition coefficient (Wildman–Crippen LogP) is -2.19. The first-order valence-corrected chi connectivity index (χ1v) is 2.63. The fraction of sp³-hybridized carbons (Fsp3) is 1.00. The number of hydrogen-bond acceptors (Lipinski definition) is 4. The van der Waals surface area contributed by atoms with E-state index in [0.717, 1.165) is 0 Å². The average molecular weight is 221 g/mol. The minimum Gasteiger partial charge on any atom is -0.329 e. The monoisotopic (exact) mass is 222 g/mol. The van der Waals surface area contributed by atoms with Crippen LogP contribution in [-0.2, 0) is 19.5 Å². The maximum absolute atomic E-state index is 4.90. The molecule has 0 spiro atoms. The summed E-state index contributed by atoms with van der Waals surface area (Å²) in [5.74, 6) is 0. The second-order valence-corrected chi connectivity index (χ2v) is 1.15. The van der Waals surface area contributed by atoms with Gasteiger partial charge in [-0.25, -0.2) is 0 Å². The normalized spacial score (nSPS) is 6.67. The molecule has 0 aliphatic heterocycles. The van der Waals surface area contributed by atoms with Crippen LogP contribution in [0.25, 0.3) is 0 Å². The molecule has 0 aromatic rings. The summed E-state index contributed by atoms with van der Waals surface area (Å²) < 4.78 is 0. The Morgan fingerprint density at radius 1 is 0.556 bits per heavy atom. The summed E-state index contributed by atoms with van der Waals surface area (Å²) in [5.41, 5.74) is 19.6. The van der Waals surface area contributed by atoms with E-state index in [1.54, 1.807) is 0 Å². The third-order valence-electron chi connectivity index (χ3n) is 0.333. The summed E-state index contributed by atoms with van der Waals surface area (Å²) in [4.78, 5) is 0. The Balaban J connectivity index is -0.0000000720. The molecule has 0 saturated heterocycles. The molecule has 58 valence electrons. The van der Waals surface area contributed by atoms with Gasteiger partial charge in [0.05, 0.1) is 0 Å². The van der Waals surface area contributed by atoms with Gasteiger partial charge in [-0.1, -0.05) is 0 Å². The van der Waals surface area contributed by atoms with Gasteiger partial charge in [-0.3, -0.25) is 0 Å². The van der Waals surface area contributed by atoms with Crippen LogP contribution >= 0.6 is 0 Å². The minimum absolute atomic E-state index is 0. The fourth-order valence-electron chi connectivity index (χ4n) is 0. The van der Waals surface area contributed by atoms with Crippen molar-refractivity contribution in [3.8, 4) is 0 Å². The van der Waals surface area contributed by atoms with E-state index in [1.165, 1.54) is 0 Å². The molecule has 0 bridgehead atoms. The van der Waals surface area contributed by atoms with E-state index < -0.39 is 0 Å². The maximum Gasteiger partial charge on any atom is 2.00 e. The molecule has 0 saturated carbocycles. The van der Waals surface area contributed by atoms with Crippen LogP contribution in [0.15, 0.2) is 0 Å². The van der Waals surface area contributed by atoms with E-state index in [1.807, 2.05) is 0 Å². The van der Waals surface area contributed by atoms with E-state index >= 15 is 0 Å². The molecular weight excluding hydrogens is 205 g/mol. The molecule has 0 aromatic carbocycles. The SMILES string of the molecule is NCCN.NCCN.[Ru+2]. The summed E-state index contributed by atoms with van der Waals surface area (Å²) in [7, 11) is 0. The van der Waals surface area contributed by atoms with Crippen molar-refractivity contribution in [2.75, 3.05) is 26.2 Å². The summed E-state index contributed by atoms with van der Waals surface area (Å²) in [5, 5.41) is 0. The summed E-state index contributed by atoms with van der Waals surface area (Å²) in [6.45, 7) is 2.39. The molecule has 0 rings (SSSR count). The van der Waals surface area contributed by atoms with Gasteiger partial charge in [-0.05, 0) is 0 Å². The van der Waals surface area contributed by atoms with Crippen LogP contribution in [0.4, 0.5) is 0 Å². The fourth-order valence-corrected chi connectivity index (χ4v) is 0. The van der Waals surface area contributed by atoms with Crippen LogP contribution in [0.1, 0.15) is 0 Å². The Morgan fingerprint density at radius 2 is 0.667 bits per heavy atom. The van der Waals surface area contributed by atoms with Crippen LogP contribution in [0.3, 0.4) is 0 Å². The topological polar surface area (TPSA) is 104 Å². The zero-order valence-corrected chi connectivity index (χ0v) is 7.23. The number of hydrogen-bond donors (Lipinski definition) is 4. The summed E-state index contributed by atoms with van der Waals surface area (Å²) >= 11 is 0. The molecule has 4 nitrogen and oxygen atoms in total. The molecule has 8 N–H and O–H groups in total. The van der Waals surface area contributed by atoms with Crippen LogP contribution in [0.2, 0.25) is 0 Å². The van der Waals surface area contributed by atoms with Crippen LogP contribution in [-0.4, -0.2) is 26.2 Å². The molecule has 0 fully saturated rings. The van der Waals surface area contributed by atoms with Gasteiger partial charge in [-0.15, -0.1) is 0 Å². The third kappa shape index (κ3) is 58.3. The van der Waals surface area contributed by atoms with Gasteiger partial charge in [0.25, 0.3) is 0 Å². The molecular formula is C4H16N4Ru+2. The molecule has 0 aromatic heterocycles. The van der Waals surface area contributed by atoms with E-state index in [0.29, 0.717) is 26.2 Å². The zero-order valence-electron chi connectivity index (χ0n) is 5.49. The van der Waals surface area contributed by atoms with Crippen molar-refractivity contribution >= 4 is 0 Å². The van der Waals surface area contributed by atoms with Crippen molar-refractivity contribution in [2.45, 2.75) is 0 Å². The smallest absolute Gasteiger partial charge is 0.329 e. The Morgan fingerprint density at radius 3 is 0.667 bits per heavy atom. The van der Waals surface area contributed by atoms with Crippen LogP contribution in [0.5, 0.6) is 0 Å². The van der Waals surface area contributed by atoms with Gasteiger partial charge in [-0.2, -0.15) is 0 Å². The van der Waals surface area contributed by atoms with Gasteiger partial charge < -0.3 is 22.9 Å². The minimum atomic E-state index is 0. The molecule has 9 heavy (non-hydrogen) atoms. The molecule has 0 unspecified atom stereocenters. The maximum atomic E-state index is 4.90. The standard InChI is InChI=1S/2C2H8N2.Ru/c2*3-1-2-4;/h2*1-4H2;/q;;+2. The van der Waals surface area contributed by atoms with Crippen molar-refractivity contribution in [1.29, 1.82) is 0 Å². The average Bonchev–Trinajstić information content (AvgIpc) is 1.88. The van der Waals surface area contributed by atoms with E-state index in [9.17, 15) is 0 Å². The largest absolute Gasteiger partial charge is 2.00 e. The molecule has 5 heteroatoms. The van der Waals surface area contributed by atoms with Gasteiger partial charge in [0.15, 0.2) is 0 Å². The van der Waals surface area contributed by atoms with Gasteiger partial charge >= 0.3 is 19.5 Å². The third-order valence-corrected chi connectivity index (χ3v) is 0.333. The Labute approximate surface area is 69.1 Å². The summed E-state index contributed by atoms with van der Waals surface area (Å²) in [6.07, 6.45) is 0. The molecule has 0 amide bonds. The first kappa shape index (κ1) is 16.2. The van der Waals surface area contributed by atoms with Gasteiger partial charge in [0.1, 0.15) is 0 Å². The Kier molecular flexibility index (Phi) is 42.7. The van der Waals surface area contributed by atoms with Gasteiger partial charge in [0.2, 0.25) is 0 Å². The van der Waals surface area contributed by atoms with Crippen molar-refractivity contribution in [3.05, 3.63) is 0 Å². The Hall–Kier alpha value is 0.463. The molecule has 0 aliphatic carbocycles. The molecule has 0 heterocycles. The van der Waals surface area contributed by atoms with Gasteiger partial charge in [0, 0.05) is 26.2 Å². The van der Waals surface area contributed by atoms with Crippen LogP contribution < -0.4 is 22.9 Å². The second-order valence-electron chi connectivity index (χ2n) is 1.15. The quantitative estimate of drug-likeness (QED) is 0.397. The first-order valence-electron chi connectivity index (χ1n) is 2.63. The van der Waals surface area contributed by atoms with Crippen LogP contribution in [0, 0.1) is 0 Å². The predicted molar refractivity (Wildman–Crippen MR) is 36.2 cm³/mol. The molecule has 0 aliphatic rings. The summed E-state index contributed by atoms with van der Waals surface area (Å²) in [6, 6.07) is 0. The number of rotatable bonds is 2. The molecule has 0 radical (unpaired) electrons. The zero-order chi connectivity index (χ0) is 6.83. The van der Waals surface area contributed by atoms with E-state index in [-0.39, 0.29) is 19.5 Å². The van der Waals surface area contributed by atoms with E-state index in [2.05, 4.69) is 0 Å². The van der Waals surface area contributed by atoms with Crippen molar-refractivity contribution < 1.29 is 19.5 Å². The van der Waals surface area contributed by atoms with Crippen molar-refractivity contribution in [1.82, 2.24) is 0 Å². The second kappa shape index (κ2) is 23.7. The van der Waals surface area contributed by atoms with E-state index in [4.69, 9.17) is 22.9 Å². The number of nitrogens with two attached hydrogens (primary N) is 4. The first-order chi connectivity index (χ1) is 3.83. The van der Waals surface area contributed by atoms with Crippen molar-refractivity contribution in [3.63, 3.8) is 0 Å².